The van der Waals surface area contributed by atoms with Crippen LogP contribution in [0.2, 0.25) is 11.1 Å². The summed E-state index contributed by atoms with van der Waals surface area (Å²) < 4.78 is 26.8. The Hall–Kier alpha value is -1.75. The Morgan fingerprint density at radius 3 is 2.38 bits per heavy atom. The van der Waals surface area contributed by atoms with E-state index in [1.807, 2.05) is 13.8 Å². The molecule has 1 fully saturated rings. The lowest BCUT2D eigenvalue weighted by atomic mass is 10.0. The number of nitrogens with one attached hydrogen (secondary N) is 1. The summed E-state index contributed by atoms with van der Waals surface area (Å²) in [6, 6.07) is 3.79. The van der Waals surface area contributed by atoms with Gasteiger partial charge in [0, 0.05) is 25.0 Å². The quantitative estimate of drug-likeness (QED) is 0.274. The van der Waals surface area contributed by atoms with Crippen LogP contribution in [0.3, 0.4) is 0 Å². The highest BCUT2D eigenvalue weighted by atomic mass is 32.2. The van der Waals surface area contributed by atoms with Gasteiger partial charge in [-0.1, -0.05) is 55.4 Å². The van der Waals surface area contributed by atoms with Crippen LogP contribution in [-0.2, 0) is 22.6 Å². The van der Waals surface area contributed by atoms with E-state index in [0.29, 0.717) is 6.61 Å². The highest BCUT2D eigenvalue weighted by Gasteiger charge is 2.51. The van der Waals surface area contributed by atoms with Gasteiger partial charge in [0.15, 0.2) is 6.23 Å². The van der Waals surface area contributed by atoms with Crippen molar-refractivity contribution in [3.05, 3.63) is 22.7 Å². The molecule has 1 N–H and O–H groups in total. The van der Waals surface area contributed by atoms with Gasteiger partial charge in [0.05, 0.1) is 12.7 Å². The van der Waals surface area contributed by atoms with Crippen molar-refractivity contribution in [3.63, 3.8) is 0 Å². The van der Waals surface area contributed by atoms with Crippen LogP contribution in [0.5, 0.6) is 0 Å². The normalized spacial score (nSPS) is 22.3. The van der Waals surface area contributed by atoms with Crippen LogP contribution in [0, 0.1) is 23.2 Å². The first-order chi connectivity index (χ1) is 17.3. The van der Waals surface area contributed by atoms with Gasteiger partial charge in [-0.05, 0) is 35.1 Å². The van der Waals surface area contributed by atoms with Crippen molar-refractivity contribution in [2.75, 3.05) is 18.5 Å². The van der Waals surface area contributed by atoms with Crippen molar-refractivity contribution < 1.29 is 22.6 Å². The largest absolute Gasteiger partial charge is 0.391 e. The van der Waals surface area contributed by atoms with E-state index < -0.39 is 38.6 Å². The van der Waals surface area contributed by atoms with Gasteiger partial charge in [-0.15, -0.1) is 0 Å². The average Bonchev–Trinajstić information content (AvgIpc) is 3.14. The lowest BCUT2D eigenvalue weighted by molar-refractivity contribution is -0.114. The maximum atomic E-state index is 12.8. The van der Waals surface area contributed by atoms with Crippen LogP contribution in [0.1, 0.15) is 68.5 Å². The standard InChI is InChI=1S/C25H42N4O6SSi/c1-15(2)13-32-23-20(12-26)24(29-11-10-22(27-19(9)30)28-25(29)31)34-21(23)14-33-37(17(5)6,18(7)8)35-36-16(3)4/h10-11,15-18,20-21,23-24H,13-14H2,1-9H3,(H,27,28,30,31)/t20-,21+,23-,24+/m0/s1. The number of nitrogens with zero attached hydrogens (tertiary/aromatic N) is 3. The molecule has 0 radical (unpaired) electrons. The van der Waals surface area contributed by atoms with E-state index >= 15 is 0 Å². The molecule has 10 nitrogen and oxygen atoms in total. The first-order valence-electron chi connectivity index (χ1n) is 12.8. The number of carbonyl (C=O) groups excluding carboxylic acids is 1. The Bertz CT molecular complexity index is 988. The molecule has 12 heteroatoms. The van der Waals surface area contributed by atoms with E-state index in [4.69, 9.17) is 17.8 Å². The Morgan fingerprint density at radius 2 is 1.89 bits per heavy atom. The molecule has 4 atom stereocenters. The molecule has 1 aliphatic rings. The van der Waals surface area contributed by atoms with Gasteiger partial charge in [0.25, 0.3) is 0 Å². The number of aromatic nitrogens is 2. The van der Waals surface area contributed by atoms with E-state index in [1.165, 1.54) is 35.8 Å². The van der Waals surface area contributed by atoms with Crippen molar-refractivity contribution in [3.8, 4) is 6.07 Å². The van der Waals surface area contributed by atoms with Crippen molar-refractivity contribution in [1.82, 2.24) is 9.55 Å². The number of anilines is 1. The van der Waals surface area contributed by atoms with Crippen LogP contribution < -0.4 is 11.0 Å². The Kier molecular flexibility index (Phi) is 11.8. The molecule has 1 aliphatic heterocycles. The van der Waals surface area contributed by atoms with Gasteiger partial charge >= 0.3 is 14.3 Å². The third kappa shape index (κ3) is 8.11. The zero-order chi connectivity index (χ0) is 27.9. The third-order valence-electron chi connectivity index (χ3n) is 5.97. The van der Waals surface area contributed by atoms with Crippen LogP contribution in [0.25, 0.3) is 0 Å². The minimum absolute atomic E-state index is 0.136. The minimum atomic E-state index is -2.70. The van der Waals surface area contributed by atoms with E-state index in [1.54, 1.807) is 0 Å². The highest BCUT2D eigenvalue weighted by Crippen LogP contribution is 2.41. The molecule has 2 rings (SSSR count). The molecular formula is C25H42N4O6SSi. The predicted octanol–water partition coefficient (Wildman–Crippen LogP) is 4.63. The monoisotopic (exact) mass is 554 g/mol. The molecule has 1 amide bonds. The molecule has 2 heterocycles. The predicted molar refractivity (Wildman–Crippen MR) is 146 cm³/mol. The number of rotatable bonds is 13. The van der Waals surface area contributed by atoms with E-state index in [9.17, 15) is 14.9 Å². The fraction of sp³-hybridized carbons (Fsp3) is 0.760. The number of nitriles is 1. The fourth-order valence-electron chi connectivity index (χ4n) is 4.22. The number of carbonyl (C=O) groups is 1. The number of hydrogen-bond donors (Lipinski definition) is 1. The van der Waals surface area contributed by atoms with E-state index in [-0.39, 0.29) is 40.6 Å². The molecule has 0 aromatic carbocycles. The second kappa shape index (κ2) is 13.9. The summed E-state index contributed by atoms with van der Waals surface area (Å²) in [6.07, 6.45) is -0.639. The second-order valence-corrected chi connectivity index (χ2v) is 16.5. The second-order valence-electron chi connectivity index (χ2n) is 10.7. The summed E-state index contributed by atoms with van der Waals surface area (Å²) in [6.45, 7) is 18.6. The van der Waals surface area contributed by atoms with Crippen molar-refractivity contribution in [1.29, 1.82) is 5.26 Å². The zero-order valence-electron chi connectivity index (χ0n) is 23.4. The van der Waals surface area contributed by atoms with Crippen LogP contribution in [-0.4, -0.2) is 54.7 Å². The summed E-state index contributed by atoms with van der Waals surface area (Å²) in [5.41, 5.74) is -0.290. The van der Waals surface area contributed by atoms with E-state index in [2.05, 4.69) is 57.9 Å². The fourth-order valence-corrected chi connectivity index (χ4v) is 9.74. The lowest BCUT2D eigenvalue weighted by Crippen LogP contribution is -2.49. The molecule has 0 unspecified atom stereocenters. The third-order valence-corrected chi connectivity index (χ3v) is 11.6. The Labute approximate surface area is 225 Å². The number of amides is 1. The Morgan fingerprint density at radius 1 is 1.24 bits per heavy atom. The summed E-state index contributed by atoms with van der Waals surface area (Å²) in [5.74, 6) is -0.723. The molecule has 1 aromatic rings. The maximum absolute atomic E-state index is 12.8. The summed E-state index contributed by atoms with van der Waals surface area (Å²) >= 11 is 1.43. The summed E-state index contributed by atoms with van der Waals surface area (Å²) in [5, 5.41) is 12.9. The van der Waals surface area contributed by atoms with Gasteiger partial charge in [-0.25, -0.2) is 4.79 Å². The van der Waals surface area contributed by atoms with Gasteiger partial charge in [-0.3, -0.25) is 9.36 Å². The van der Waals surface area contributed by atoms with Gasteiger partial charge in [0.2, 0.25) is 5.91 Å². The molecule has 0 aliphatic carbocycles. The first kappa shape index (κ1) is 31.5. The first-order valence-corrected chi connectivity index (χ1v) is 15.6. The smallest absolute Gasteiger partial charge is 0.356 e. The molecule has 1 saturated heterocycles. The SMILES string of the molecule is CC(=O)Nc1ccn([C@@H]2O[C@H](CO[Si](OSC(C)C)(C(C)C)C(C)C)[C@@H](OCC(C)C)[C@@H]2C#N)c(=O)n1. The maximum Gasteiger partial charge on any atom is 0.356 e. The average molecular weight is 555 g/mol. The van der Waals surface area contributed by atoms with Crippen LogP contribution in [0.15, 0.2) is 17.1 Å². The van der Waals surface area contributed by atoms with Crippen molar-refractivity contribution in [2.24, 2.45) is 11.8 Å². The summed E-state index contributed by atoms with van der Waals surface area (Å²) in [4.78, 5) is 28.1. The Balaban J connectivity index is 2.37. The molecule has 37 heavy (non-hydrogen) atoms. The molecule has 0 bridgehead atoms. The molecular weight excluding hydrogens is 512 g/mol. The number of ether oxygens (including phenoxy) is 2. The summed E-state index contributed by atoms with van der Waals surface area (Å²) in [7, 11) is -2.70. The van der Waals surface area contributed by atoms with Gasteiger partial charge in [-0.2, -0.15) is 10.2 Å². The minimum Gasteiger partial charge on any atom is -0.391 e. The van der Waals surface area contributed by atoms with Crippen molar-refractivity contribution >= 4 is 32.3 Å². The van der Waals surface area contributed by atoms with Gasteiger partial charge in [0.1, 0.15) is 23.9 Å². The van der Waals surface area contributed by atoms with Crippen LogP contribution in [0.4, 0.5) is 5.82 Å². The lowest BCUT2D eigenvalue weighted by Gasteiger charge is -2.38. The molecule has 0 saturated carbocycles. The highest BCUT2D eigenvalue weighted by molar-refractivity contribution is 7.96. The van der Waals surface area contributed by atoms with Crippen LogP contribution >= 0.6 is 12.0 Å². The zero-order valence-corrected chi connectivity index (χ0v) is 25.2. The molecule has 1 aromatic heterocycles. The molecule has 208 valence electrons. The van der Waals surface area contributed by atoms with Gasteiger partial charge < -0.3 is 23.1 Å². The molecule has 0 spiro atoms. The topological polar surface area (TPSA) is 125 Å². The van der Waals surface area contributed by atoms with Crippen molar-refractivity contribution in [2.45, 2.75) is 97.1 Å². The number of hydrogen-bond acceptors (Lipinski definition) is 9. The van der Waals surface area contributed by atoms with E-state index in [0.717, 1.165) is 0 Å².